The summed E-state index contributed by atoms with van der Waals surface area (Å²) in [5.41, 5.74) is 6.84. The Morgan fingerprint density at radius 3 is 2.65 bits per heavy atom. The predicted octanol–water partition coefficient (Wildman–Crippen LogP) is 3.66. The van der Waals surface area contributed by atoms with Crippen LogP contribution >= 0.6 is 15.9 Å². The van der Waals surface area contributed by atoms with E-state index < -0.39 is 0 Å². The molecular weight excluding hydrogens is 318 g/mol. The average Bonchev–Trinajstić information content (AvgIpc) is 2.98. The minimum absolute atomic E-state index is 0.120. The Morgan fingerprint density at radius 2 is 1.95 bits per heavy atom. The van der Waals surface area contributed by atoms with Crippen LogP contribution in [0.5, 0.6) is 0 Å². The summed E-state index contributed by atoms with van der Waals surface area (Å²) in [5.74, 6) is 1.33. The van der Waals surface area contributed by atoms with Crippen LogP contribution in [0.25, 0.3) is 11.4 Å². The Morgan fingerprint density at radius 1 is 1.20 bits per heavy atom. The number of rotatable bonds is 3. The number of hydrogen-bond acceptors (Lipinski definition) is 4. The van der Waals surface area contributed by atoms with Gasteiger partial charge in [-0.15, -0.1) is 0 Å². The first kappa shape index (κ1) is 13.8. The molecule has 0 bridgehead atoms. The topological polar surface area (TPSA) is 64.9 Å². The van der Waals surface area contributed by atoms with Crippen molar-refractivity contribution in [3.05, 3.63) is 34.6 Å². The van der Waals surface area contributed by atoms with Crippen molar-refractivity contribution < 1.29 is 4.52 Å². The summed E-state index contributed by atoms with van der Waals surface area (Å²) in [6.07, 6.45) is 5.73. The van der Waals surface area contributed by atoms with E-state index in [-0.39, 0.29) is 5.41 Å². The van der Waals surface area contributed by atoms with Gasteiger partial charge in [0.15, 0.2) is 0 Å². The van der Waals surface area contributed by atoms with E-state index in [1.165, 1.54) is 19.3 Å². The maximum Gasteiger partial charge on any atom is 0.234 e. The summed E-state index contributed by atoms with van der Waals surface area (Å²) >= 11 is 3.52. The highest BCUT2D eigenvalue weighted by atomic mass is 79.9. The summed E-state index contributed by atoms with van der Waals surface area (Å²) in [5, 5.41) is 4.14. The Hall–Kier alpha value is -1.20. The summed E-state index contributed by atoms with van der Waals surface area (Å²) < 4.78 is 6.52. The zero-order valence-corrected chi connectivity index (χ0v) is 12.9. The molecule has 1 fully saturated rings. The minimum Gasteiger partial charge on any atom is -0.338 e. The van der Waals surface area contributed by atoms with Crippen LogP contribution in [-0.2, 0) is 5.41 Å². The van der Waals surface area contributed by atoms with Crippen molar-refractivity contribution in [1.82, 2.24) is 10.1 Å². The van der Waals surface area contributed by atoms with Crippen molar-refractivity contribution in [3.8, 4) is 11.4 Å². The van der Waals surface area contributed by atoms with Crippen LogP contribution in [0.15, 0.2) is 33.3 Å². The lowest BCUT2D eigenvalue weighted by Gasteiger charge is -2.32. The fourth-order valence-electron chi connectivity index (χ4n) is 2.92. The van der Waals surface area contributed by atoms with Crippen molar-refractivity contribution in [1.29, 1.82) is 0 Å². The van der Waals surface area contributed by atoms with E-state index in [0.717, 1.165) is 22.9 Å². The van der Waals surface area contributed by atoms with Crippen LogP contribution < -0.4 is 5.73 Å². The maximum absolute atomic E-state index is 6.01. The second-order valence-corrected chi connectivity index (χ2v) is 6.30. The van der Waals surface area contributed by atoms with Gasteiger partial charge in [0.1, 0.15) is 0 Å². The van der Waals surface area contributed by atoms with E-state index in [4.69, 9.17) is 10.3 Å². The third-order valence-corrected chi connectivity index (χ3v) is 4.89. The zero-order chi connectivity index (χ0) is 14.0. The van der Waals surface area contributed by atoms with Crippen LogP contribution in [-0.4, -0.2) is 16.7 Å². The highest BCUT2D eigenvalue weighted by Crippen LogP contribution is 2.38. The molecule has 1 aliphatic rings. The Labute approximate surface area is 126 Å². The molecule has 0 saturated heterocycles. The molecule has 1 aromatic heterocycles. The molecule has 1 heterocycles. The molecule has 0 aliphatic heterocycles. The molecule has 106 valence electrons. The maximum atomic E-state index is 6.01. The second-order valence-electron chi connectivity index (χ2n) is 5.45. The van der Waals surface area contributed by atoms with Gasteiger partial charge < -0.3 is 10.3 Å². The molecule has 0 spiro atoms. The van der Waals surface area contributed by atoms with E-state index in [9.17, 15) is 0 Å². The number of aromatic nitrogens is 2. The van der Waals surface area contributed by atoms with Crippen molar-refractivity contribution >= 4 is 15.9 Å². The lowest BCUT2D eigenvalue weighted by Crippen LogP contribution is -2.37. The van der Waals surface area contributed by atoms with Crippen molar-refractivity contribution in [2.75, 3.05) is 6.54 Å². The molecule has 3 rings (SSSR count). The lowest BCUT2D eigenvalue weighted by atomic mass is 9.74. The molecule has 4 nitrogen and oxygen atoms in total. The predicted molar refractivity (Wildman–Crippen MR) is 81.3 cm³/mol. The van der Waals surface area contributed by atoms with Crippen LogP contribution in [0.1, 0.15) is 38.0 Å². The smallest absolute Gasteiger partial charge is 0.234 e. The van der Waals surface area contributed by atoms with Crippen molar-refractivity contribution in [2.24, 2.45) is 5.73 Å². The normalized spacial score (nSPS) is 18.1. The van der Waals surface area contributed by atoms with Crippen LogP contribution in [0.2, 0.25) is 0 Å². The first-order chi connectivity index (χ1) is 9.75. The summed E-state index contributed by atoms with van der Waals surface area (Å²) in [6, 6.07) is 7.89. The van der Waals surface area contributed by atoms with E-state index in [1.54, 1.807) is 0 Å². The third kappa shape index (κ3) is 2.40. The van der Waals surface area contributed by atoms with Crippen LogP contribution in [0, 0.1) is 0 Å². The Kier molecular flexibility index (Phi) is 3.89. The molecule has 0 atom stereocenters. The third-order valence-electron chi connectivity index (χ3n) is 4.20. The average molecular weight is 336 g/mol. The van der Waals surface area contributed by atoms with Crippen LogP contribution in [0.3, 0.4) is 0 Å². The fourth-order valence-corrected chi connectivity index (χ4v) is 3.39. The molecule has 1 saturated carbocycles. The Balaban J connectivity index is 1.95. The molecular formula is C15H18BrN3O. The molecule has 0 unspecified atom stereocenters. The fraction of sp³-hybridized carbons (Fsp3) is 0.467. The highest BCUT2D eigenvalue weighted by molar-refractivity contribution is 9.10. The summed E-state index contributed by atoms with van der Waals surface area (Å²) in [6.45, 7) is 0.574. The van der Waals surface area contributed by atoms with Gasteiger partial charge in [-0.2, -0.15) is 4.98 Å². The van der Waals surface area contributed by atoms with Crippen molar-refractivity contribution in [2.45, 2.75) is 37.5 Å². The molecule has 5 heteroatoms. The summed E-state index contributed by atoms with van der Waals surface area (Å²) in [4.78, 5) is 4.62. The van der Waals surface area contributed by atoms with Gasteiger partial charge in [0.25, 0.3) is 0 Å². The zero-order valence-electron chi connectivity index (χ0n) is 11.3. The van der Waals surface area contributed by atoms with E-state index in [0.29, 0.717) is 18.3 Å². The quantitative estimate of drug-likeness (QED) is 0.929. The van der Waals surface area contributed by atoms with Gasteiger partial charge in [0, 0.05) is 16.6 Å². The van der Waals surface area contributed by atoms with Crippen LogP contribution in [0.4, 0.5) is 0 Å². The minimum atomic E-state index is -0.120. The molecule has 20 heavy (non-hydrogen) atoms. The standard InChI is InChI=1S/C15H18BrN3O/c16-12-7-3-2-6-11(12)13-18-14(20-19-13)15(10-17)8-4-1-5-9-15/h2-3,6-7H,1,4-5,8-10,17H2. The molecule has 0 amide bonds. The van der Waals surface area contributed by atoms with Crippen molar-refractivity contribution in [3.63, 3.8) is 0 Å². The van der Waals surface area contributed by atoms with E-state index >= 15 is 0 Å². The van der Waals surface area contributed by atoms with Gasteiger partial charge in [-0.1, -0.05) is 52.5 Å². The molecule has 2 aromatic rings. The molecule has 0 radical (unpaired) electrons. The lowest BCUT2D eigenvalue weighted by molar-refractivity contribution is 0.220. The molecule has 1 aromatic carbocycles. The summed E-state index contributed by atoms with van der Waals surface area (Å²) in [7, 11) is 0. The molecule has 2 N–H and O–H groups in total. The largest absolute Gasteiger partial charge is 0.338 e. The number of benzene rings is 1. The number of nitrogens with zero attached hydrogens (tertiary/aromatic N) is 2. The monoisotopic (exact) mass is 335 g/mol. The first-order valence-electron chi connectivity index (χ1n) is 7.04. The van der Waals surface area contributed by atoms with E-state index in [2.05, 4.69) is 26.1 Å². The molecule has 1 aliphatic carbocycles. The highest BCUT2D eigenvalue weighted by Gasteiger charge is 2.38. The first-order valence-corrected chi connectivity index (χ1v) is 7.84. The van der Waals surface area contributed by atoms with Gasteiger partial charge >= 0.3 is 0 Å². The van der Waals surface area contributed by atoms with Gasteiger partial charge in [0.2, 0.25) is 11.7 Å². The van der Waals surface area contributed by atoms with E-state index in [1.807, 2.05) is 24.3 Å². The van der Waals surface area contributed by atoms with Gasteiger partial charge in [-0.25, -0.2) is 0 Å². The second kappa shape index (κ2) is 5.66. The van der Waals surface area contributed by atoms with Gasteiger partial charge in [0.05, 0.1) is 5.41 Å². The van der Waals surface area contributed by atoms with Gasteiger partial charge in [-0.3, -0.25) is 0 Å². The Bertz CT molecular complexity index is 590. The number of hydrogen-bond donors (Lipinski definition) is 1. The number of halogens is 1. The van der Waals surface area contributed by atoms with Gasteiger partial charge in [-0.05, 0) is 25.0 Å². The SMILES string of the molecule is NCC1(c2nc(-c3ccccc3Br)no2)CCCCC1. The number of nitrogens with two attached hydrogens (primary N) is 1.